The van der Waals surface area contributed by atoms with E-state index < -0.39 is 6.04 Å². The third-order valence-corrected chi connectivity index (χ3v) is 6.23. The number of aliphatic hydroxyl groups is 1. The number of likely N-dealkylation sites (tertiary alicyclic amines) is 1. The summed E-state index contributed by atoms with van der Waals surface area (Å²) in [4.78, 5) is 15.3. The van der Waals surface area contributed by atoms with Crippen molar-refractivity contribution in [3.8, 4) is 0 Å². The van der Waals surface area contributed by atoms with Crippen LogP contribution >= 0.6 is 0 Å². The molecule has 4 heteroatoms. The largest absolute Gasteiger partial charge is 0.394 e. The summed E-state index contributed by atoms with van der Waals surface area (Å²) < 4.78 is 6.14. The predicted molar refractivity (Wildman–Crippen MR) is 121 cm³/mol. The fourth-order valence-electron chi connectivity index (χ4n) is 4.71. The van der Waals surface area contributed by atoms with Crippen LogP contribution in [0.5, 0.6) is 0 Å². The van der Waals surface area contributed by atoms with E-state index >= 15 is 0 Å². The number of rotatable bonds is 8. The number of aliphatic hydroxyl groups excluding tert-OH is 1. The summed E-state index contributed by atoms with van der Waals surface area (Å²) in [6.07, 6.45) is 0. The maximum Gasteiger partial charge on any atom is 0.227 e. The summed E-state index contributed by atoms with van der Waals surface area (Å²) in [5.41, 5.74) is 3.17. The summed E-state index contributed by atoms with van der Waals surface area (Å²) in [7, 11) is 0. The van der Waals surface area contributed by atoms with Crippen molar-refractivity contribution in [3.63, 3.8) is 0 Å². The second-order valence-electron chi connectivity index (χ2n) is 8.15. The highest BCUT2D eigenvalue weighted by molar-refractivity contribution is 5.83. The summed E-state index contributed by atoms with van der Waals surface area (Å²) >= 11 is 0. The molecule has 4 rings (SSSR count). The van der Waals surface area contributed by atoms with Gasteiger partial charge >= 0.3 is 0 Å². The van der Waals surface area contributed by atoms with Gasteiger partial charge in [0, 0.05) is 11.8 Å². The summed E-state index contributed by atoms with van der Waals surface area (Å²) in [5.74, 6) is -0.127. The van der Waals surface area contributed by atoms with Crippen LogP contribution in [0, 0.1) is 5.92 Å². The molecule has 0 aliphatic carbocycles. The quantitative estimate of drug-likeness (QED) is 0.586. The van der Waals surface area contributed by atoms with Crippen LogP contribution in [0.15, 0.2) is 91.0 Å². The van der Waals surface area contributed by atoms with Gasteiger partial charge in [-0.1, -0.05) is 97.9 Å². The van der Waals surface area contributed by atoms with E-state index in [0.29, 0.717) is 13.2 Å². The molecule has 1 N–H and O–H groups in total. The Bertz CT molecular complexity index is 962. The predicted octanol–water partition coefficient (Wildman–Crippen LogP) is 4.57. The molecule has 0 radical (unpaired) electrons. The number of carbonyl (C=O) groups is 1. The van der Waals surface area contributed by atoms with Gasteiger partial charge in [-0.25, -0.2) is 0 Å². The topological polar surface area (TPSA) is 49.8 Å². The van der Waals surface area contributed by atoms with E-state index in [1.54, 1.807) is 0 Å². The molecular formula is C27H29NO3. The minimum Gasteiger partial charge on any atom is -0.394 e. The number of hydrogen-bond donors (Lipinski definition) is 1. The Hall–Kier alpha value is -2.95. The normalized spacial score (nSPS) is 21.9. The lowest BCUT2D eigenvalue weighted by Crippen LogP contribution is -2.42. The van der Waals surface area contributed by atoms with Crippen molar-refractivity contribution in [2.75, 3.05) is 13.2 Å². The van der Waals surface area contributed by atoms with Crippen LogP contribution in [0.3, 0.4) is 0 Å². The molecule has 0 aromatic heterocycles. The Balaban J connectivity index is 1.64. The highest BCUT2D eigenvalue weighted by Gasteiger charge is 2.49. The lowest BCUT2D eigenvalue weighted by Gasteiger charge is -2.34. The second-order valence-corrected chi connectivity index (χ2v) is 8.15. The van der Waals surface area contributed by atoms with Crippen LogP contribution < -0.4 is 0 Å². The fourth-order valence-corrected chi connectivity index (χ4v) is 4.71. The van der Waals surface area contributed by atoms with Crippen LogP contribution in [0.25, 0.3) is 0 Å². The monoisotopic (exact) mass is 415 g/mol. The molecule has 0 spiro atoms. The van der Waals surface area contributed by atoms with Crippen molar-refractivity contribution in [3.05, 3.63) is 108 Å². The highest BCUT2D eigenvalue weighted by Crippen LogP contribution is 2.43. The second kappa shape index (κ2) is 9.90. The van der Waals surface area contributed by atoms with Crippen molar-refractivity contribution in [1.29, 1.82) is 0 Å². The molecule has 3 aromatic carbocycles. The SMILES string of the molecule is C[C@@H]1C(=O)N([C@@H](CO)c2ccccc2)[C@@H](COCc2ccccc2)[C@H]1c1ccccc1. The van der Waals surface area contributed by atoms with E-state index in [1.807, 2.05) is 90.7 Å². The molecular weight excluding hydrogens is 386 g/mol. The van der Waals surface area contributed by atoms with E-state index in [9.17, 15) is 9.90 Å². The molecule has 0 bridgehead atoms. The first-order valence-electron chi connectivity index (χ1n) is 10.8. The third-order valence-electron chi connectivity index (χ3n) is 6.23. The van der Waals surface area contributed by atoms with Gasteiger partial charge in [-0.15, -0.1) is 0 Å². The van der Waals surface area contributed by atoms with Crippen LogP contribution in [0.1, 0.15) is 35.6 Å². The lowest BCUT2D eigenvalue weighted by atomic mass is 9.85. The van der Waals surface area contributed by atoms with Crippen LogP contribution in [0.4, 0.5) is 0 Å². The van der Waals surface area contributed by atoms with Gasteiger partial charge in [0.15, 0.2) is 0 Å². The smallest absolute Gasteiger partial charge is 0.227 e. The molecule has 31 heavy (non-hydrogen) atoms. The van der Waals surface area contributed by atoms with Gasteiger partial charge in [0.05, 0.1) is 31.9 Å². The van der Waals surface area contributed by atoms with Gasteiger partial charge in [0.25, 0.3) is 0 Å². The number of hydrogen-bond acceptors (Lipinski definition) is 3. The average molecular weight is 416 g/mol. The average Bonchev–Trinajstić information content (AvgIpc) is 3.06. The van der Waals surface area contributed by atoms with Crippen molar-refractivity contribution >= 4 is 5.91 Å². The van der Waals surface area contributed by atoms with Gasteiger partial charge in [-0.05, 0) is 16.7 Å². The van der Waals surface area contributed by atoms with E-state index in [2.05, 4.69) is 12.1 Å². The molecule has 0 saturated carbocycles. The molecule has 4 atom stereocenters. The zero-order valence-corrected chi connectivity index (χ0v) is 17.8. The van der Waals surface area contributed by atoms with Gasteiger partial charge < -0.3 is 14.7 Å². The molecule has 1 saturated heterocycles. The Morgan fingerprint density at radius 1 is 0.903 bits per heavy atom. The number of benzene rings is 3. The van der Waals surface area contributed by atoms with Gasteiger partial charge in [-0.2, -0.15) is 0 Å². The first-order valence-corrected chi connectivity index (χ1v) is 10.8. The molecule has 3 aromatic rings. The molecule has 1 heterocycles. The number of amides is 1. The Labute approximate surface area is 184 Å². The minimum atomic E-state index is -0.393. The van der Waals surface area contributed by atoms with Crippen molar-refractivity contribution < 1.29 is 14.6 Å². The fraction of sp³-hybridized carbons (Fsp3) is 0.296. The molecule has 1 amide bonds. The molecule has 4 nitrogen and oxygen atoms in total. The zero-order valence-electron chi connectivity index (χ0n) is 17.8. The molecule has 1 aliphatic rings. The molecule has 160 valence electrons. The van der Waals surface area contributed by atoms with E-state index in [1.165, 1.54) is 0 Å². The molecule has 1 aliphatic heterocycles. The Morgan fingerprint density at radius 2 is 1.48 bits per heavy atom. The number of ether oxygens (including phenoxy) is 1. The van der Waals surface area contributed by atoms with Gasteiger partial charge in [0.1, 0.15) is 0 Å². The lowest BCUT2D eigenvalue weighted by molar-refractivity contribution is -0.136. The third kappa shape index (κ3) is 4.55. The summed E-state index contributed by atoms with van der Waals surface area (Å²) in [6.45, 7) is 2.76. The molecule has 0 unspecified atom stereocenters. The summed E-state index contributed by atoms with van der Waals surface area (Å²) in [5, 5.41) is 10.3. The number of nitrogens with zero attached hydrogens (tertiary/aromatic N) is 1. The van der Waals surface area contributed by atoms with E-state index in [0.717, 1.165) is 16.7 Å². The Morgan fingerprint density at radius 3 is 2.10 bits per heavy atom. The maximum absolute atomic E-state index is 13.5. The first kappa shape index (κ1) is 21.3. The Kier molecular flexibility index (Phi) is 6.80. The van der Waals surface area contributed by atoms with E-state index in [4.69, 9.17) is 4.74 Å². The standard InChI is InChI=1S/C27H29NO3/c1-20-26(23-15-9-4-10-16-23)25(19-31-18-21-11-5-2-6-12-21)28(27(20)30)24(17-29)22-13-7-3-8-14-22/h2-16,20,24-26,29H,17-19H2,1H3/t20-,24-,25-,26+/m0/s1. The van der Waals surface area contributed by atoms with Crippen LogP contribution in [-0.2, 0) is 16.1 Å². The van der Waals surface area contributed by atoms with Gasteiger partial charge in [0.2, 0.25) is 5.91 Å². The van der Waals surface area contributed by atoms with Crippen LogP contribution in [-0.4, -0.2) is 35.2 Å². The zero-order chi connectivity index (χ0) is 21.6. The number of carbonyl (C=O) groups excluding carboxylic acids is 1. The van der Waals surface area contributed by atoms with Crippen molar-refractivity contribution in [2.24, 2.45) is 5.92 Å². The highest BCUT2D eigenvalue weighted by atomic mass is 16.5. The minimum absolute atomic E-state index is 0.00207. The maximum atomic E-state index is 13.5. The van der Waals surface area contributed by atoms with Gasteiger partial charge in [-0.3, -0.25) is 4.79 Å². The summed E-state index contributed by atoms with van der Waals surface area (Å²) in [6, 6.07) is 29.4. The van der Waals surface area contributed by atoms with Crippen LogP contribution in [0.2, 0.25) is 0 Å². The van der Waals surface area contributed by atoms with Crippen molar-refractivity contribution in [1.82, 2.24) is 4.90 Å². The van der Waals surface area contributed by atoms with E-state index in [-0.39, 0.29) is 30.4 Å². The molecule has 1 fully saturated rings. The first-order chi connectivity index (χ1) is 15.2. The van der Waals surface area contributed by atoms with Crippen molar-refractivity contribution in [2.45, 2.75) is 31.5 Å².